The molecule has 0 aromatic heterocycles. The zero-order valence-electron chi connectivity index (χ0n) is 17.4. The first kappa shape index (κ1) is 21.2. The fraction of sp³-hybridized carbons (Fsp3) is 0.240. The van der Waals surface area contributed by atoms with E-state index in [1.165, 1.54) is 6.92 Å². The number of nitrogens with one attached hydrogen (secondary N) is 2. The minimum absolute atomic E-state index is 0.0742. The highest BCUT2D eigenvalue weighted by atomic mass is 16.2. The molecule has 0 radical (unpaired) electrons. The highest BCUT2D eigenvalue weighted by molar-refractivity contribution is 6.00. The van der Waals surface area contributed by atoms with Crippen molar-refractivity contribution in [1.29, 1.82) is 0 Å². The number of carbonyl (C=O) groups excluding carboxylic acids is 3. The Balaban J connectivity index is 1.71. The molecule has 0 saturated carbocycles. The highest BCUT2D eigenvalue weighted by Crippen LogP contribution is 2.19. The van der Waals surface area contributed by atoms with Crippen molar-refractivity contribution in [3.8, 4) is 0 Å². The molecule has 0 spiro atoms. The average Bonchev–Trinajstić information content (AvgIpc) is 2.72. The summed E-state index contributed by atoms with van der Waals surface area (Å²) in [6.07, 6.45) is 0.192. The first-order valence-electron chi connectivity index (χ1n) is 10.0. The van der Waals surface area contributed by atoms with Crippen LogP contribution in [0, 0.1) is 5.92 Å². The van der Waals surface area contributed by atoms with Crippen LogP contribution >= 0.6 is 0 Å². The number of ketones is 1. The van der Waals surface area contributed by atoms with Crippen molar-refractivity contribution in [3.05, 3.63) is 77.9 Å². The monoisotopic (exact) mass is 402 g/mol. The zero-order chi connectivity index (χ0) is 21.7. The van der Waals surface area contributed by atoms with E-state index in [-0.39, 0.29) is 29.9 Å². The molecule has 2 amide bonds. The van der Waals surface area contributed by atoms with Gasteiger partial charge in [-0.3, -0.25) is 14.4 Å². The van der Waals surface area contributed by atoms with Gasteiger partial charge >= 0.3 is 0 Å². The van der Waals surface area contributed by atoms with Gasteiger partial charge in [0.25, 0.3) is 0 Å². The summed E-state index contributed by atoms with van der Waals surface area (Å²) >= 11 is 0. The summed E-state index contributed by atoms with van der Waals surface area (Å²) in [5, 5.41) is 7.79. The predicted octanol–water partition coefficient (Wildman–Crippen LogP) is 4.36. The van der Waals surface area contributed by atoms with Crippen LogP contribution in [0.1, 0.15) is 36.7 Å². The Morgan fingerprint density at radius 1 is 0.900 bits per heavy atom. The van der Waals surface area contributed by atoms with Gasteiger partial charge in [0.1, 0.15) is 6.04 Å². The van der Waals surface area contributed by atoms with Crippen molar-refractivity contribution >= 4 is 34.1 Å². The fourth-order valence-electron chi connectivity index (χ4n) is 3.42. The Labute approximate surface area is 176 Å². The van der Waals surface area contributed by atoms with E-state index < -0.39 is 6.04 Å². The highest BCUT2D eigenvalue weighted by Gasteiger charge is 2.24. The predicted molar refractivity (Wildman–Crippen MR) is 119 cm³/mol. The lowest BCUT2D eigenvalue weighted by Gasteiger charge is -2.22. The van der Waals surface area contributed by atoms with E-state index in [1.807, 2.05) is 56.3 Å². The average molecular weight is 402 g/mol. The van der Waals surface area contributed by atoms with Gasteiger partial charge in [0.15, 0.2) is 5.78 Å². The summed E-state index contributed by atoms with van der Waals surface area (Å²) in [4.78, 5) is 37.1. The molecular weight excluding hydrogens is 376 g/mol. The number of anilines is 1. The van der Waals surface area contributed by atoms with Gasteiger partial charge in [0.2, 0.25) is 11.8 Å². The molecule has 0 unspecified atom stereocenters. The minimum atomic E-state index is -0.687. The van der Waals surface area contributed by atoms with Gasteiger partial charge in [-0.1, -0.05) is 68.4 Å². The van der Waals surface area contributed by atoms with Crippen molar-refractivity contribution in [2.45, 2.75) is 33.2 Å². The molecule has 5 nitrogen and oxygen atoms in total. The van der Waals surface area contributed by atoms with Crippen LogP contribution < -0.4 is 10.6 Å². The first-order valence-corrected chi connectivity index (χ1v) is 10.0. The number of rotatable bonds is 7. The van der Waals surface area contributed by atoms with Crippen LogP contribution in [-0.2, 0) is 16.0 Å². The molecule has 30 heavy (non-hydrogen) atoms. The molecule has 1 atom stereocenters. The second-order valence-corrected chi connectivity index (χ2v) is 7.73. The normalized spacial score (nSPS) is 11.9. The van der Waals surface area contributed by atoms with Crippen molar-refractivity contribution in [3.63, 3.8) is 0 Å². The molecule has 3 aromatic carbocycles. The zero-order valence-corrected chi connectivity index (χ0v) is 17.4. The third kappa shape index (κ3) is 5.11. The molecule has 3 rings (SSSR count). The van der Waals surface area contributed by atoms with Crippen LogP contribution in [-0.4, -0.2) is 23.6 Å². The van der Waals surface area contributed by atoms with Crippen LogP contribution in [0.4, 0.5) is 5.69 Å². The number of hydrogen-bond donors (Lipinski definition) is 2. The Morgan fingerprint density at radius 2 is 1.60 bits per heavy atom. The summed E-state index contributed by atoms with van der Waals surface area (Å²) < 4.78 is 0. The van der Waals surface area contributed by atoms with Crippen LogP contribution in [0.5, 0.6) is 0 Å². The number of amides is 2. The number of benzene rings is 3. The minimum Gasteiger partial charge on any atom is -0.344 e. The lowest BCUT2D eigenvalue weighted by Crippen LogP contribution is -2.47. The summed E-state index contributed by atoms with van der Waals surface area (Å²) in [6.45, 7) is 5.24. The molecule has 0 saturated heterocycles. The molecule has 5 heteroatoms. The van der Waals surface area contributed by atoms with E-state index in [4.69, 9.17) is 0 Å². The van der Waals surface area contributed by atoms with Gasteiger partial charge < -0.3 is 10.6 Å². The van der Waals surface area contributed by atoms with Gasteiger partial charge in [-0.2, -0.15) is 0 Å². The molecule has 2 N–H and O–H groups in total. The summed E-state index contributed by atoms with van der Waals surface area (Å²) in [5.74, 6) is -0.693. The number of hydrogen-bond acceptors (Lipinski definition) is 3. The van der Waals surface area contributed by atoms with Gasteiger partial charge in [0, 0.05) is 11.3 Å². The largest absolute Gasteiger partial charge is 0.344 e. The molecule has 154 valence electrons. The maximum Gasteiger partial charge on any atom is 0.247 e. The Hall–Kier alpha value is -3.47. The number of carbonyl (C=O) groups is 3. The molecule has 0 aliphatic carbocycles. The molecule has 0 fully saturated rings. The first-order chi connectivity index (χ1) is 14.3. The third-order valence-corrected chi connectivity index (χ3v) is 5.03. The molecule has 0 heterocycles. The Kier molecular flexibility index (Phi) is 6.62. The van der Waals surface area contributed by atoms with Crippen molar-refractivity contribution in [2.24, 2.45) is 5.92 Å². The molecule has 0 bridgehead atoms. The standard InChI is InChI=1S/C25H26N2O3/c1-16(2)24(25(30)26-21-12-7-10-19(14-21)17(3)28)27-23(29)15-20-11-6-9-18-8-4-5-13-22(18)20/h4-14,16,24H,15H2,1-3H3,(H,26,30)(H,27,29)/t24-/m1/s1. The van der Waals surface area contributed by atoms with E-state index in [2.05, 4.69) is 10.6 Å². The second-order valence-electron chi connectivity index (χ2n) is 7.73. The summed E-state index contributed by atoms with van der Waals surface area (Å²) in [6, 6.07) is 19.9. The van der Waals surface area contributed by atoms with Crippen molar-refractivity contribution in [1.82, 2.24) is 5.32 Å². The SMILES string of the molecule is CC(=O)c1cccc(NC(=O)[C@H](NC(=O)Cc2cccc3ccccc23)C(C)C)c1. The van der Waals surface area contributed by atoms with E-state index in [0.717, 1.165) is 16.3 Å². The molecule has 0 aliphatic rings. The third-order valence-electron chi connectivity index (χ3n) is 5.03. The van der Waals surface area contributed by atoms with Gasteiger partial charge in [-0.25, -0.2) is 0 Å². The quantitative estimate of drug-likeness (QED) is 0.577. The Morgan fingerprint density at radius 3 is 2.33 bits per heavy atom. The van der Waals surface area contributed by atoms with Gasteiger partial charge in [0.05, 0.1) is 6.42 Å². The summed E-state index contributed by atoms with van der Waals surface area (Å²) in [7, 11) is 0. The van der Waals surface area contributed by atoms with Gasteiger partial charge in [-0.15, -0.1) is 0 Å². The molecule has 3 aromatic rings. The molecular formula is C25H26N2O3. The van der Waals surface area contributed by atoms with Crippen LogP contribution in [0.25, 0.3) is 10.8 Å². The molecule has 0 aliphatic heterocycles. The Bertz CT molecular complexity index is 1080. The van der Waals surface area contributed by atoms with Crippen molar-refractivity contribution < 1.29 is 14.4 Å². The van der Waals surface area contributed by atoms with E-state index in [1.54, 1.807) is 24.3 Å². The lowest BCUT2D eigenvalue weighted by atomic mass is 10.00. The van der Waals surface area contributed by atoms with Gasteiger partial charge in [-0.05, 0) is 41.3 Å². The van der Waals surface area contributed by atoms with Crippen molar-refractivity contribution in [2.75, 3.05) is 5.32 Å². The number of Topliss-reactive ketones (excluding diaryl/α,β-unsaturated/α-hetero) is 1. The lowest BCUT2D eigenvalue weighted by molar-refractivity contribution is -0.127. The van der Waals surface area contributed by atoms with Crippen LogP contribution in [0.2, 0.25) is 0 Å². The second kappa shape index (κ2) is 9.35. The van der Waals surface area contributed by atoms with Crippen LogP contribution in [0.3, 0.4) is 0 Å². The smallest absolute Gasteiger partial charge is 0.247 e. The van der Waals surface area contributed by atoms with E-state index >= 15 is 0 Å². The van der Waals surface area contributed by atoms with E-state index in [9.17, 15) is 14.4 Å². The van der Waals surface area contributed by atoms with Crippen LogP contribution in [0.15, 0.2) is 66.7 Å². The number of fused-ring (bicyclic) bond motifs is 1. The maximum absolute atomic E-state index is 12.8. The van der Waals surface area contributed by atoms with E-state index in [0.29, 0.717) is 11.3 Å². The fourth-order valence-corrected chi connectivity index (χ4v) is 3.42. The topological polar surface area (TPSA) is 75.3 Å². The summed E-state index contributed by atoms with van der Waals surface area (Å²) in [5.41, 5.74) is 1.97. The maximum atomic E-state index is 12.8.